The van der Waals surface area contributed by atoms with Crippen molar-refractivity contribution in [3.8, 4) is 0 Å². The van der Waals surface area contributed by atoms with E-state index in [9.17, 15) is 14.9 Å². The molecular weight excluding hydrogens is 360 g/mol. The molecule has 0 unspecified atom stereocenters. The van der Waals surface area contributed by atoms with E-state index in [1.54, 1.807) is 0 Å². The summed E-state index contributed by atoms with van der Waals surface area (Å²) in [6.07, 6.45) is 1.82. The van der Waals surface area contributed by atoms with Crippen LogP contribution in [-0.2, 0) is 9.53 Å². The number of rotatable bonds is 3. The number of amides is 1. The van der Waals surface area contributed by atoms with Gasteiger partial charge in [-0.3, -0.25) is 14.9 Å². The summed E-state index contributed by atoms with van der Waals surface area (Å²) in [6.45, 7) is 2.44. The first kappa shape index (κ1) is 17.9. The summed E-state index contributed by atoms with van der Waals surface area (Å²) < 4.78 is 5.41. The standard InChI is InChI=1S/C20H18N4O4/c25-20-18(14-15-4-2-1-3-5-15)19(22-10-12-28-13-11-22)21-23(20)16-6-8-17(9-7-16)24(26)27/h1-9,14H,10-13H2/b18-14-. The Balaban J connectivity index is 1.71. The van der Waals surface area contributed by atoms with Crippen LogP contribution in [0.5, 0.6) is 0 Å². The normalized spacial score (nSPS) is 18.5. The van der Waals surface area contributed by atoms with Gasteiger partial charge in [0.15, 0.2) is 5.84 Å². The first-order valence-electron chi connectivity index (χ1n) is 8.91. The molecule has 0 N–H and O–H groups in total. The van der Waals surface area contributed by atoms with Gasteiger partial charge in [-0.2, -0.15) is 5.01 Å². The SMILES string of the molecule is O=C1/C(=C\c2ccccc2)C(N2CCOCC2)=NN1c1ccc([N+](=O)[O-])cc1. The molecule has 8 heteroatoms. The quantitative estimate of drug-likeness (QED) is 0.465. The molecular formula is C20H18N4O4. The molecule has 0 bridgehead atoms. The van der Waals surface area contributed by atoms with Gasteiger partial charge < -0.3 is 9.64 Å². The van der Waals surface area contributed by atoms with Gasteiger partial charge in [-0.25, -0.2) is 0 Å². The molecule has 0 aliphatic carbocycles. The van der Waals surface area contributed by atoms with E-state index in [1.165, 1.54) is 29.3 Å². The van der Waals surface area contributed by atoms with Gasteiger partial charge in [0, 0.05) is 25.2 Å². The van der Waals surface area contributed by atoms with E-state index in [-0.39, 0.29) is 11.6 Å². The number of nitrogens with zero attached hydrogens (tertiary/aromatic N) is 4. The summed E-state index contributed by atoms with van der Waals surface area (Å²) in [7, 11) is 0. The lowest BCUT2D eigenvalue weighted by Crippen LogP contribution is -2.41. The lowest BCUT2D eigenvalue weighted by molar-refractivity contribution is -0.384. The number of non-ortho nitro benzene ring substituents is 1. The number of carbonyl (C=O) groups is 1. The van der Waals surface area contributed by atoms with Gasteiger partial charge in [0.05, 0.1) is 29.4 Å². The molecule has 2 aliphatic heterocycles. The second-order valence-corrected chi connectivity index (χ2v) is 6.38. The Kier molecular flexibility index (Phi) is 4.86. The van der Waals surface area contributed by atoms with Gasteiger partial charge in [0.1, 0.15) is 0 Å². The number of morpholine rings is 1. The van der Waals surface area contributed by atoms with E-state index in [0.717, 1.165) is 5.56 Å². The van der Waals surface area contributed by atoms with Crippen molar-refractivity contribution >= 4 is 29.2 Å². The van der Waals surface area contributed by atoms with E-state index in [4.69, 9.17) is 4.74 Å². The molecule has 2 aliphatic rings. The maximum absolute atomic E-state index is 13.1. The van der Waals surface area contributed by atoms with Crippen molar-refractivity contribution in [3.63, 3.8) is 0 Å². The first-order valence-corrected chi connectivity index (χ1v) is 8.91. The van der Waals surface area contributed by atoms with E-state index >= 15 is 0 Å². The van der Waals surface area contributed by atoms with Gasteiger partial charge in [-0.15, -0.1) is 5.10 Å². The van der Waals surface area contributed by atoms with Gasteiger partial charge in [-0.05, 0) is 23.8 Å². The zero-order chi connectivity index (χ0) is 19.5. The van der Waals surface area contributed by atoms with E-state index in [2.05, 4.69) is 5.10 Å². The lowest BCUT2D eigenvalue weighted by Gasteiger charge is -2.28. The van der Waals surface area contributed by atoms with Crippen LogP contribution in [0.4, 0.5) is 11.4 Å². The van der Waals surface area contributed by atoms with Crippen LogP contribution in [0.2, 0.25) is 0 Å². The average Bonchev–Trinajstić information content (AvgIpc) is 3.06. The fourth-order valence-electron chi connectivity index (χ4n) is 3.15. The van der Waals surface area contributed by atoms with Gasteiger partial charge in [0.2, 0.25) is 0 Å². The topological polar surface area (TPSA) is 88.3 Å². The molecule has 1 saturated heterocycles. The maximum atomic E-state index is 13.1. The van der Waals surface area contributed by atoms with Crippen LogP contribution in [0.15, 0.2) is 65.3 Å². The number of hydrazone groups is 1. The molecule has 1 fully saturated rings. The van der Waals surface area contributed by atoms with Crippen LogP contribution in [0.3, 0.4) is 0 Å². The largest absolute Gasteiger partial charge is 0.378 e. The molecule has 142 valence electrons. The molecule has 2 heterocycles. The first-order chi connectivity index (χ1) is 13.6. The minimum Gasteiger partial charge on any atom is -0.378 e. The number of hydrogen-bond acceptors (Lipinski definition) is 6. The summed E-state index contributed by atoms with van der Waals surface area (Å²) in [6, 6.07) is 15.4. The summed E-state index contributed by atoms with van der Waals surface area (Å²) in [5, 5.41) is 16.7. The number of benzene rings is 2. The number of carbonyl (C=O) groups excluding carboxylic acids is 1. The maximum Gasteiger partial charge on any atom is 0.282 e. The Morgan fingerprint density at radius 2 is 1.71 bits per heavy atom. The number of nitro benzene ring substituents is 1. The Labute approximate surface area is 161 Å². The fourth-order valence-corrected chi connectivity index (χ4v) is 3.15. The summed E-state index contributed by atoms with van der Waals surface area (Å²) in [5.41, 5.74) is 1.84. The molecule has 4 rings (SSSR count). The number of anilines is 1. The lowest BCUT2D eigenvalue weighted by atomic mass is 10.1. The van der Waals surface area contributed by atoms with Gasteiger partial charge in [-0.1, -0.05) is 30.3 Å². The molecule has 2 aromatic carbocycles. The number of nitro groups is 1. The van der Waals surface area contributed by atoms with Crippen molar-refractivity contribution < 1.29 is 14.5 Å². The second-order valence-electron chi connectivity index (χ2n) is 6.38. The molecule has 0 radical (unpaired) electrons. The van der Waals surface area contributed by atoms with Crippen LogP contribution >= 0.6 is 0 Å². The van der Waals surface area contributed by atoms with Crippen molar-refractivity contribution in [1.82, 2.24) is 4.90 Å². The highest BCUT2D eigenvalue weighted by Crippen LogP contribution is 2.28. The average molecular weight is 378 g/mol. The molecule has 0 saturated carbocycles. The number of ether oxygens (including phenoxy) is 1. The highest BCUT2D eigenvalue weighted by atomic mass is 16.6. The van der Waals surface area contributed by atoms with Crippen LogP contribution < -0.4 is 5.01 Å². The summed E-state index contributed by atoms with van der Waals surface area (Å²) in [4.78, 5) is 25.6. The molecule has 8 nitrogen and oxygen atoms in total. The molecule has 28 heavy (non-hydrogen) atoms. The third kappa shape index (κ3) is 3.49. The van der Waals surface area contributed by atoms with Crippen molar-refractivity contribution in [1.29, 1.82) is 0 Å². The zero-order valence-electron chi connectivity index (χ0n) is 15.0. The minimum atomic E-state index is -0.473. The Hall–Kier alpha value is -3.52. The summed E-state index contributed by atoms with van der Waals surface area (Å²) in [5.74, 6) is 0.328. The Morgan fingerprint density at radius 3 is 2.36 bits per heavy atom. The number of hydrogen-bond donors (Lipinski definition) is 0. The van der Waals surface area contributed by atoms with Crippen LogP contribution in [0, 0.1) is 10.1 Å². The molecule has 0 aromatic heterocycles. The van der Waals surface area contributed by atoms with Crippen LogP contribution in [-0.4, -0.2) is 47.9 Å². The smallest absolute Gasteiger partial charge is 0.282 e. The Bertz CT molecular complexity index is 948. The molecule has 0 atom stereocenters. The third-order valence-electron chi connectivity index (χ3n) is 4.58. The predicted octanol–water partition coefficient (Wildman–Crippen LogP) is 2.67. The van der Waals surface area contributed by atoms with Gasteiger partial charge in [0.25, 0.3) is 11.6 Å². The highest BCUT2D eigenvalue weighted by molar-refractivity contribution is 6.32. The van der Waals surface area contributed by atoms with E-state index in [1.807, 2.05) is 41.3 Å². The second kappa shape index (κ2) is 7.61. The zero-order valence-corrected chi connectivity index (χ0v) is 15.0. The Morgan fingerprint density at radius 1 is 1.04 bits per heavy atom. The third-order valence-corrected chi connectivity index (χ3v) is 4.58. The van der Waals surface area contributed by atoms with Crippen molar-refractivity contribution in [2.24, 2.45) is 5.10 Å². The minimum absolute atomic E-state index is 0.0344. The predicted molar refractivity (Wildman–Crippen MR) is 105 cm³/mol. The molecule has 1 amide bonds. The monoisotopic (exact) mass is 378 g/mol. The van der Waals surface area contributed by atoms with E-state index < -0.39 is 4.92 Å². The fraction of sp³-hybridized carbons (Fsp3) is 0.200. The van der Waals surface area contributed by atoms with Crippen LogP contribution in [0.1, 0.15) is 5.56 Å². The van der Waals surface area contributed by atoms with E-state index in [0.29, 0.717) is 43.4 Å². The summed E-state index contributed by atoms with van der Waals surface area (Å²) >= 11 is 0. The highest BCUT2D eigenvalue weighted by Gasteiger charge is 2.35. The van der Waals surface area contributed by atoms with Crippen molar-refractivity contribution in [2.45, 2.75) is 0 Å². The molecule has 2 aromatic rings. The van der Waals surface area contributed by atoms with Crippen molar-refractivity contribution in [3.05, 3.63) is 75.8 Å². The van der Waals surface area contributed by atoms with Gasteiger partial charge >= 0.3 is 0 Å². The van der Waals surface area contributed by atoms with Crippen molar-refractivity contribution in [2.75, 3.05) is 31.3 Å². The van der Waals surface area contributed by atoms with Crippen LogP contribution in [0.25, 0.3) is 6.08 Å². The number of amidine groups is 1. The molecule has 0 spiro atoms.